The van der Waals surface area contributed by atoms with Crippen molar-refractivity contribution < 1.29 is 4.74 Å². The first-order valence-electron chi connectivity index (χ1n) is 7.52. The van der Waals surface area contributed by atoms with Gasteiger partial charge in [0.2, 0.25) is 0 Å². The van der Waals surface area contributed by atoms with Crippen molar-refractivity contribution in [1.82, 2.24) is 5.32 Å². The van der Waals surface area contributed by atoms with E-state index in [1.807, 2.05) is 18.7 Å². The number of nitrogens with one attached hydrogen (secondary N) is 1. The lowest BCUT2D eigenvalue weighted by Crippen LogP contribution is -2.39. The van der Waals surface area contributed by atoms with Crippen molar-refractivity contribution in [1.29, 1.82) is 0 Å². The highest BCUT2D eigenvalue weighted by Gasteiger charge is 2.23. The molecule has 5 heteroatoms. The van der Waals surface area contributed by atoms with Crippen LogP contribution in [0.3, 0.4) is 0 Å². The molecule has 0 aliphatic heterocycles. The second-order valence-electron chi connectivity index (χ2n) is 5.37. The minimum Gasteiger partial charge on any atom is -0.492 e. The quantitative estimate of drug-likeness (QED) is 0.647. The molecule has 2 unspecified atom stereocenters. The summed E-state index contributed by atoms with van der Waals surface area (Å²) in [6.07, 6.45) is 7.60. The van der Waals surface area contributed by atoms with Gasteiger partial charge in [-0.1, -0.05) is 12.8 Å². The Morgan fingerprint density at radius 2 is 1.90 bits per heavy atom. The van der Waals surface area contributed by atoms with Crippen molar-refractivity contribution in [2.75, 3.05) is 12.9 Å². The Balaban J connectivity index is 1.99. The average molecular weight is 437 g/mol. The molecule has 1 aromatic rings. The first kappa shape index (κ1) is 17.6. The lowest BCUT2D eigenvalue weighted by molar-refractivity contribution is 0.335. The molecule has 1 aliphatic carbocycles. The molecule has 1 saturated carbocycles. The van der Waals surface area contributed by atoms with Crippen molar-refractivity contribution in [2.45, 2.75) is 50.4 Å². The van der Waals surface area contributed by atoms with Gasteiger partial charge in [0, 0.05) is 17.8 Å². The topological polar surface area (TPSA) is 21.3 Å². The molecule has 0 radical (unpaired) electrons. The van der Waals surface area contributed by atoms with Crippen LogP contribution in [0.2, 0.25) is 0 Å². The molecule has 2 rings (SSSR count). The first-order chi connectivity index (χ1) is 10.2. The van der Waals surface area contributed by atoms with Crippen LogP contribution in [0.15, 0.2) is 21.1 Å². The summed E-state index contributed by atoms with van der Waals surface area (Å²) in [6, 6.07) is 4.94. The van der Waals surface area contributed by atoms with Gasteiger partial charge in [0.05, 0.1) is 15.6 Å². The van der Waals surface area contributed by atoms with E-state index < -0.39 is 0 Å². The Morgan fingerprint density at radius 3 is 2.52 bits per heavy atom. The van der Waals surface area contributed by atoms with Gasteiger partial charge in [-0.3, -0.25) is 0 Å². The molecule has 0 bridgehead atoms. The average Bonchev–Trinajstić information content (AvgIpc) is 2.49. The van der Waals surface area contributed by atoms with Crippen molar-refractivity contribution in [2.24, 2.45) is 0 Å². The number of ether oxygens (including phenoxy) is 1. The van der Waals surface area contributed by atoms with Crippen LogP contribution in [0.4, 0.5) is 0 Å². The number of hydrogen-bond donors (Lipinski definition) is 1. The first-order valence-corrected chi connectivity index (χ1v) is 10.4. The maximum Gasteiger partial charge on any atom is 0.147 e. The molecule has 1 aromatic carbocycles. The summed E-state index contributed by atoms with van der Waals surface area (Å²) in [5.74, 6) is 0.890. The largest absolute Gasteiger partial charge is 0.492 e. The fourth-order valence-electron chi connectivity index (χ4n) is 2.86. The van der Waals surface area contributed by atoms with Crippen LogP contribution in [-0.2, 0) is 6.54 Å². The number of hydrogen-bond acceptors (Lipinski definition) is 3. The number of halogens is 2. The minimum atomic E-state index is 0.637. The Bertz CT molecular complexity index is 447. The van der Waals surface area contributed by atoms with Gasteiger partial charge in [0.15, 0.2) is 0 Å². The highest BCUT2D eigenvalue weighted by molar-refractivity contribution is 9.11. The Kier molecular flexibility index (Phi) is 7.39. The monoisotopic (exact) mass is 435 g/mol. The van der Waals surface area contributed by atoms with Crippen LogP contribution in [0, 0.1) is 0 Å². The van der Waals surface area contributed by atoms with Crippen LogP contribution >= 0.6 is 43.6 Å². The molecule has 1 aliphatic rings. The third-order valence-electron chi connectivity index (χ3n) is 3.92. The minimum absolute atomic E-state index is 0.637. The van der Waals surface area contributed by atoms with Gasteiger partial charge in [-0.2, -0.15) is 11.8 Å². The molecule has 0 aromatic heterocycles. The molecule has 118 valence electrons. The highest BCUT2D eigenvalue weighted by atomic mass is 79.9. The zero-order valence-corrected chi connectivity index (χ0v) is 16.6. The van der Waals surface area contributed by atoms with Crippen LogP contribution in [-0.4, -0.2) is 24.2 Å². The zero-order chi connectivity index (χ0) is 15.2. The standard InChI is InChI=1S/C16H23Br2NOS/c1-3-20-16-12(17)8-11(9-13(16)18)10-19-14-6-4-5-7-15(14)21-2/h8-9,14-15,19H,3-7,10H2,1-2H3. The van der Waals surface area contributed by atoms with E-state index in [0.29, 0.717) is 12.6 Å². The molecule has 2 atom stereocenters. The fraction of sp³-hybridized carbons (Fsp3) is 0.625. The Hall–Kier alpha value is 0.290. The molecule has 2 nitrogen and oxygen atoms in total. The van der Waals surface area contributed by atoms with Crippen LogP contribution in [0.1, 0.15) is 38.2 Å². The van der Waals surface area contributed by atoms with E-state index in [1.165, 1.54) is 31.2 Å². The number of benzene rings is 1. The smallest absolute Gasteiger partial charge is 0.147 e. The highest BCUT2D eigenvalue weighted by Crippen LogP contribution is 2.35. The van der Waals surface area contributed by atoms with Crippen molar-refractivity contribution in [3.05, 3.63) is 26.6 Å². The van der Waals surface area contributed by atoms with Gasteiger partial charge in [-0.05, 0) is 75.6 Å². The van der Waals surface area contributed by atoms with E-state index in [4.69, 9.17) is 4.74 Å². The van der Waals surface area contributed by atoms with Crippen molar-refractivity contribution >= 4 is 43.6 Å². The predicted molar refractivity (Wildman–Crippen MR) is 99.4 cm³/mol. The molecule has 0 heterocycles. The lowest BCUT2D eigenvalue weighted by atomic mass is 9.94. The van der Waals surface area contributed by atoms with E-state index in [0.717, 1.165) is 26.5 Å². The summed E-state index contributed by atoms with van der Waals surface area (Å²) in [5.41, 5.74) is 1.28. The van der Waals surface area contributed by atoms with E-state index in [2.05, 4.69) is 55.6 Å². The maximum atomic E-state index is 5.63. The number of rotatable bonds is 6. The second-order valence-corrected chi connectivity index (χ2v) is 8.15. The van der Waals surface area contributed by atoms with Gasteiger partial charge < -0.3 is 10.1 Å². The molecule has 21 heavy (non-hydrogen) atoms. The van der Waals surface area contributed by atoms with Crippen LogP contribution < -0.4 is 10.1 Å². The molecule has 0 amide bonds. The van der Waals surface area contributed by atoms with Crippen molar-refractivity contribution in [3.8, 4) is 5.75 Å². The van der Waals surface area contributed by atoms with E-state index >= 15 is 0 Å². The predicted octanol–water partition coefficient (Wildman–Crippen LogP) is 5.37. The van der Waals surface area contributed by atoms with E-state index in [1.54, 1.807) is 0 Å². The van der Waals surface area contributed by atoms with Gasteiger partial charge in [0.25, 0.3) is 0 Å². The summed E-state index contributed by atoms with van der Waals surface area (Å²) >= 11 is 9.21. The molecule has 1 fully saturated rings. The van der Waals surface area contributed by atoms with Gasteiger partial charge in [0.1, 0.15) is 5.75 Å². The molecule has 1 N–H and O–H groups in total. The van der Waals surface area contributed by atoms with Crippen LogP contribution in [0.25, 0.3) is 0 Å². The Morgan fingerprint density at radius 1 is 1.24 bits per heavy atom. The molecular formula is C16H23Br2NOS. The molecular weight excluding hydrogens is 414 g/mol. The van der Waals surface area contributed by atoms with Gasteiger partial charge >= 0.3 is 0 Å². The van der Waals surface area contributed by atoms with E-state index in [-0.39, 0.29) is 0 Å². The second kappa shape index (κ2) is 8.80. The molecule has 0 saturated heterocycles. The fourth-order valence-corrected chi connectivity index (χ4v) is 5.33. The SMILES string of the molecule is CCOc1c(Br)cc(CNC2CCCCC2SC)cc1Br. The summed E-state index contributed by atoms with van der Waals surface area (Å²) in [6.45, 7) is 3.58. The normalized spacial score (nSPS) is 22.3. The summed E-state index contributed by atoms with van der Waals surface area (Å²) in [4.78, 5) is 0. The molecule has 0 spiro atoms. The van der Waals surface area contributed by atoms with Gasteiger partial charge in [-0.25, -0.2) is 0 Å². The van der Waals surface area contributed by atoms with E-state index in [9.17, 15) is 0 Å². The summed E-state index contributed by atoms with van der Waals surface area (Å²) in [7, 11) is 0. The lowest BCUT2D eigenvalue weighted by Gasteiger charge is -2.31. The van der Waals surface area contributed by atoms with Gasteiger partial charge in [-0.15, -0.1) is 0 Å². The zero-order valence-electron chi connectivity index (χ0n) is 12.6. The Labute approximate surface area is 149 Å². The number of thioether (sulfide) groups is 1. The maximum absolute atomic E-state index is 5.63. The summed E-state index contributed by atoms with van der Waals surface area (Å²) in [5, 5.41) is 4.50. The third-order valence-corrected chi connectivity index (χ3v) is 6.27. The van der Waals surface area contributed by atoms with Crippen LogP contribution in [0.5, 0.6) is 5.75 Å². The third kappa shape index (κ3) is 4.88. The summed E-state index contributed by atoms with van der Waals surface area (Å²) < 4.78 is 7.66. The van der Waals surface area contributed by atoms with Crippen molar-refractivity contribution in [3.63, 3.8) is 0 Å².